The maximum absolute atomic E-state index is 12.6. The fourth-order valence-electron chi connectivity index (χ4n) is 2.48. The number of hydrogen-bond donors (Lipinski definition) is 1. The highest BCUT2D eigenvalue weighted by molar-refractivity contribution is 5.74. The number of nitrogens with one attached hydrogen (secondary N) is 1. The molecule has 25 heavy (non-hydrogen) atoms. The van der Waals surface area contributed by atoms with E-state index in [1.54, 1.807) is 0 Å². The molecule has 4 nitrogen and oxygen atoms in total. The van der Waals surface area contributed by atoms with Crippen LogP contribution < -0.4 is 10.1 Å². The van der Waals surface area contributed by atoms with Gasteiger partial charge in [0.05, 0.1) is 12.6 Å². The van der Waals surface area contributed by atoms with Crippen molar-refractivity contribution in [2.24, 2.45) is 0 Å². The summed E-state index contributed by atoms with van der Waals surface area (Å²) in [7, 11) is 0. The number of nitrogens with zero attached hydrogens (tertiary/aromatic N) is 1. The van der Waals surface area contributed by atoms with Gasteiger partial charge >= 0.3 is 6.03 Å². The van der Waals surface area contributed by atoms with Gasteiger partial charge in [-0.1, -0.05) is 19.1 Å². The van der Waals surface area contributed by atoms with Gasteiger partial charge in [-0.25, -0.2) is 13.6 Å². The second-order valence-corrected chi connectivity index (χ2v) is 6.54. The first-order valence-electron chi connectivity index (χ1n) is 8.91. The Balaban J connectivity index is 2.44. The quantitative estimate of drug-likeness (QED) is 0.671. The third-order valence-electron chi connectivity index (χ3n) is 3.67. The SMILES string of the molecule is CCCN(CC(F)F)C(=O)NC(C)CCc1ccc(OC(C)C)cc1. The van der Waals surface area contributed by atoms with Gasteiger partial charge in [0.2, 0.25) is 0 Å². The van der Waals surface area contributed by atoms with Crippen LogP contribution in [0.1, 0.15) is 46.1 Å². The first-order chi connectivity index (χ1) is 11.8. The molecule has 0 spiro atoms. The summed E-state index contributed by atoms with van der Waals surface area (Å²) in [5.74, 6) is 0.835. The van der Waals surface area contributed by atoms with Crippen LogP contribution >= 0.6 is 0 Å². The third kappa shape index (κ3) is 8.70. The van der Waals surface area contributed by atoms with Gasteiger partial charge in [-0.15, -0.1) is 0 Å². The predicted octanol–water partition coefficient (Wildman–Crippen LogP) is 4.48. The smallest absolute Gasteiger partial charge is 0.317 e. The minimum atomic E-state index is -2.51. The molecule has 1 atom stereocenters. The highest BCUT2D eigenvalue weighted by Crippen LogP contribution is 2.15. The molecule has 0 saturated carbocycles. The summed E-state index contributed by atoms with van der Waals surface area (Å²) in [6, 6.07) is 7.37. The van der Waals surface area contributed by atoms with Gasteiger partial charge in [-0.3, -0.25) is 0 Å². The van der Waals surface area contributed by atoms with Gasteiger partial charge in [0, 0.05) is 12.6 Å². The lowest BCUT2D eigenvalue weighted by Crippen LogP contribution is -2.46. The minimum absolute atomic E-state index is 0.0869. The molecular weight excluding hydrogens is 326 g/mol. The number of amides is 2. The summed E-state index contributed by atoms with van der Waals surface area (Å²) in [6.45, 7) is 7.52. The fraction of sp³-hybridized carbons (Fsp3) is 0.632. The number of benzene rings is 1. The third-order valence-corrected chi connectivity index (χ3v) is 3.67. The molecule has 0 bridgehead atoms. The van der Waals surface area contributed by atoms with Gasteiger partial charge in [0.25, 0.3) is 6.43 Å². The maximum atomic E-state index is 12.6. The summed E-state index contributed by atoms with van der Waals surface area (Å²) in [4.78, 5) is 13.3. The van der Waals surface area contributed by atoms with Gasteiger partial charge < -0.3 is 15.0 Å². The molecule has 0 aliphatic carbocycles. The predicted molar refractivity (Wildman–Crippen MR) is 96.4 cm³/mol. The van der Waals surface area contributed by atoms with Crippen LogP contribution in [-0.2, 0) is 6.42 Å². The van der Waals surface area contributed by atoms with E-state index in [2.05, 4.69) is 5.32 Å². The van der Waals surface area contributed by atoms with E-state index >= 15 is 0 Å². The van der Waals surface area contributed by atoms with Crippen LogP contribution in [0.15, 0.2) is 24.3 Å². The van der Waals surface area contributed by atoms with Crippen LogP contribution in [0.3, 0.4) is 0 Å². The van der Waals surface area contributed by atoms with Gasteiger partial charge in [-0.2, -0.15) is 0 Å². The Bertz CT molecular complexity index is 507. The van der Waals surface area contributed by atoms with Crippen molar-refractivity contribution in [3.8, 4) is 5.75 Å². The zero-order valence-corrected chi connectivity index (χ0v) is 15.6. The standard InChI is InChI=1S/C19H30F2N2O2/c1-5-12-23(13-18(20)21)19(24)22-15(4)6-7-16-8-10-17(11-9-16)25-14(2)3/h8-11,14-15,18H,5-7,12-13H2,1-4H3,(H,22,24). The number of halogens is 2. The topological polar surface area (TPSA) is 41.6 Å². The van der Waals surface area contributed by atoms with E-state index in [0.29, 0.717) is 13.0 Å². The van der Waals surface area contributed by atoms with Gasteiger partial charge in [0.15, 0.2) is 0 Å². The zero-order chi connectivity index (χ0) is 18.8. The summed E-state index contributed by atoms with van der Waals surface area (Å²) < 4.78 is 30.7. The fourth-order valence-corrected chi connectivity index (χ4v) is 2.48. The lowest BCUT2D eigenvalue weighted by Gasteiger charge is -2.24. The van der Waals surface area contributed by atoms with Crippen LogP contribution in [0.4, 0.5) is 13.6 Å². The van der Waals surface area contributed by atoms with Gasteiger partial charge in [-0.05, 0) is 57.7 Å². The average Bonchev–Trinajstić information content (AvgIpc) is 2.53. The number of carbonyl (C=O) groups is 1. The molecule has 0 fully saturated rings. The second kappa shape index (κ2) is 10.9. The molecule has 6 heteroatoms. The van der Waals surface area contributed by atoms with Crippen LogP contribution in [0.5, 0.6) is 5.75 Å². The summed E-state index contributed by atoms with van der Waals surface area (Å²) in [6.07, 6.45) is -0.185. The van der Waals surface area contributed by atoms with E-state index in [1.165, 1.54) is 4.90 Å². The Morgan fingerprint density at radius 2 is 1.84 bits per heavy atom. The Labute approximate surface area is 149 Å². The van der Waals surface area contributed by atoms with E-state index in [4.69, 9.17) is 4.74 Å². The molecule has 0 aliphatic heterocycles. The number of urea groups is 1. The van der Waals surface area contributed by atoms with Crippen molar-refractivity contribution in [1.82, 2.24) is 10.2 Å². The van der Waals surface area contributed by atoms with Crippen molar-refractivity contribution >= 4 is 6.03 Å². The van der Waals surface area contributed by atoms with E-state index in [-0.39, 0.29) is 12.1 Å². The molecule has 1 rings (SSSR count). The molecule has 0 aromatic heterocycles. The molecular formula is C19H30F2N2O2. The Morgan fingerprint density at radius 3 is 2.36 bits per heavy atom. The van der Waals surface area contributed by atoms with Crippen molar-refractivity contribution in [1.29, 1.82) is 0 Å². The Morgan fingerprint density at radius 1 is 1.20 bits per heavy atom. The molecule has 1 aromatic carbocycles. The van der Waals surface area contributed by atoms with Crippen LogP contribution in [-0.4, -0.2) is 42.6 Å². The van der Waals surface area contributed by atoms with Crippen LogP contribution in [0.25, 0.3) is 0 Å². The summed E-state index contributed by atoms with van der Waals surface area (Å²) in [5.41, 5.74) is 1.15. The van der Waals surface area contributed by atoms with E-state index in [9.17, 15) is 13.6 Å². The highest BCUT2D eigenvalue weighted by atomic mass is 19.3. The molecule has 0 aliphatic rings. The number of hydrogen-bond acceptors (Lipinski definition) is 2. The van der Waals surface area contributed by atoms with Crippen molar-refractivity contribution in [2.75, 3.05) is 13.1 Å². The first kappa shape index (κ1) is 21.2. The second-order valence-electron chi connectivity index (χ2n) is 6.54. The lowest BCUT2D eigenvalue weighted by molar-refractivity contribution is 0.0974. The van der Waals surface area contributed by atoms with Crippen molar-refractivity contribution in [2.45, 2.75) is 65.5 Å². The normalized spacial score (nSPS) is 12.3. The molecule has 2 amide bonds. The molecule has 1 N–H and O–H groups in total. The number of aryl methyl sites for hydroxylation is 1. The monoisotopic (exact) mass is 356 g/mol. The molecule has 1 unspecified atom stereocenters. The molecule has 1 aromatic rings. The Hall–Kier alpha value is -1.85. The van der Waals surface area contributed by atoms with E-state index in [1.807, 2.05) is 52.0 Å². The van der Waals surface area contributed by atoms with Crippen LogP contribution in [0.2, 0.25) is 0 Å². The summed E-state index contributed by atoms with van der Waals surface area (Å²) >= 11 is 0. The molecule has 0 radical (unpaired) electrons. The van der Waals surface area contributed by atoms with E-state index < -0.39 is 19.0 Å². The number of ether oxygens (including phenoxy) is 1. The average molecular weight is 356 g/mol. The lowest BCUT2D eigenvalue weighted by atomic mass is 10.1. The number of rotatable bonds is 10. The summed E-state index contributed by atoms with van der Waals surface area (Å²) in [5, 5.41) is 2.81. The number of carbonyl (C=O) groups excluding carboxylic acids is 1. The molecule has 142 valence electrons. The minimum Gasteiger partial charge on any atom is -0.491 e. The number of alkyl halides is 2. The molecule has 0 saturated heterocycles. The highest BCUT2D eigenvalue weighted by Gasteiger charge is 2.18. The zero-order valence-electron chi connectivity index (χ0n) is 15.6. The molecule has 0 heterocycles. The largest absolute Gasteiger partial charge is 0.491 e. The van der Waals surface area contributed by atoms with Crippen molar-refractivity contribution in [3.63, 3.8) is 0 Å². The first-order valence-corrected chi connectivity index (χ1v) is 8.91. The van der Waals surface area contributed by atoms with Crippen molar-refractivity contribution < 1.29 is 18.3 Å². The van der Waals surface area contributed by atoms with E-state index in [0.717, 1.165) is 24.2 Å². The van der Waals surface area contributed by atoms with Crippen LogP contribution in [0, 0.1) is 0 Å². The van der Waals surface area contributed by atoms with Gasteiger partial charge in [0.1, 0.15) is 5.75 Å². The van der Waals surface area contributed by atoms with Crippen molar-refractivity contribution in [3.05, 3.63) is 29.8 Å². The Kier molecular flexibility index (Phi) is 9.24. The maximum Gasteiger partial charge on any atom is 0.317 e.